The van der Waals surface area contributed by atoms with E-state index in [1.165, 1.54) is 6.42 Å². The van der Waals surface area contributed by atoms with Gasteiger partial charge in [0.2, 0.25) is 0 Å². The van der Waals surface area contributed by atoms with Gasteiger partial charge in [0, 0.05) is 26.0 Å². The zero-order chi connectivity index (χ0) is 15.0. The van der Waals surface area contributed by atoms with Crippen molar-refractivity contribution in [2.45, 2.75) is 13.3 Å². The minimum atomic E-state index is -0.00338. The number of amides is 1. The Morgan fingerprint density at radius 2 is 2.14 bits per heavy atom. The predicted molar refractivity (Wildman–Crippen MR) is 85.5 cm³/mol. The number of aromatic nitrogens is 1. The van der Waals surface area contributed by atoms with E-state index in [9.17, 15) is 4.79 Å². The number of carbonyl (C=O) groups is 1. The standard InChI is InChI=1S/C17H21N3O/c1-11-8-13(11)10-20(3)17(21)15-9-12-6-4-5-7-14(12)16(18-2)19-15/h4-7,9,11,13H,8,10H2,1-3H3,(H,18,19). The van der Waals surface area contributed by atoms with E-state index in [4.69, 9.17) is 0 Å². The summed E-state index contributed by atoms with van der Waals surface area (Å²) in [5, 5.41) is 5.16. The van der Waals surface area contributed by atoms with Crippen molar-refractivity contribution in [3.8, 4) is 0 Å². The number of hydrogen-bond donors (Lipinski definition) is 1. The van der Waals surface area contributed by atoms with Crippen molar-refractivity contribution in [2.24, 2.45) is 11.8 Å². The lowest BCUT2D eigenvalue weighted by molar-refractivity contribution is 0.0781. The van der Waals surface area contributed by atoms with E-state index in [0.29, 0.717) is 11.6 Å². The Hall–Kier alpha value is -2.10. The van der Waals surface area contributed by atoms with E-state index in [-0.39, 0.29) is 5.91 Å². The van der Waals surface area contributed by atoms with Crippen LogP contribution in [-0.4, -0.2) is 36.4 Å². The summed E-state index contributed by atoms with van der Waals surface area (Å²) in [6.07, 6.45) is 1.23. The van der Waals surface area contributed by atoms with Crippen molar-refractivity contribution in [3.05, 3.63) is 36.0 Å². The van der Waals surface area contributed by atoms with Gasteiger partial charge in [-0.25, -0.2) is 4.98 Å². The van der Waals surface area contributed by atoms with Crippen LogP contribution in [0.25, 0.3) is 10.8 Å². The van der Waals surface area contributed by atoms with Crippen LogP contribution in [0, 0.1) is 11.8 Å². The fraction of sp³-hybridized carbons (Fsp3) is 0.412. The molecule has 0 bridgehead atoms. The van der Waals surface area contributed by atoms with Gasteiger partial charge in [-0.15, -0.1) is 0 Å². The number of rotatable bonds is 4. The highest BCUT2D eigenvalue weighted by Gasteiger charge is 2.34. The van der Waals surface area contributed by atoms with Crippen LogP contribution in [0.4, 0.5) is 5.82 Å². The molecule has 1 N–H and O–H groups in total. The highest BCUT2D eigenvalue weighted by molar-refractivity contribution is 6.00. The smallest absolute Gasteiger partial charge is 0.272 e. The molecule has 2 unspecified atom stereocenters. The summed E-state index contributed by atoms with van der Waals surface area (Å²) in [6, 6.07) is 9.86. The van der Waals surface area contributed by atoms with Gasteiger partial charge in [0.05, 0.1) is 0 Å². The molecule has 1 heterocycles. The Bertz CT molecular complexity index is 683. The number of benzene rings is 1. The summed E-state index contributed by atoms with van der Waals surface area (Å²) in [5.74, 6) is 2.15. The molecule has 1 aromatic carbocycles. The van der Waals surface area contributed by atoms with Crippen LogP contribution in [0.1, 0.15) is 23.8 Å². The average Bonchev–Trinajstić information content (AvgIpc) is 3.20. The van der Waals surface area contributed by atoms with Crippen LogP contribution >= 0.6 is 0 Å². The lowest BCUT2D eigenvalue weighted by atomic mass is 10.1. The number of fused-ring (bicyclic) bond motifs is 1. The largest absolute Gasteiger partial charge is 0.373 e. The average molecular weight is 283 g/mol. The zero-order valence-electron chi connectivity index (χ0n) is 12.8. The first kappa shape index (κ1) is 13.9. The van der Waals surface area contributed by atoms with Gasteiger partial charge in [0.1, 0.15) is 11.5 Å². The summed E-state index contributed by atoms with van der Waals surface area (Å²) in [6.45, 7) is 3.06. The van der Waals surface area contributed by atoms with Gasteiger partial charge in [0.15, 0.2) is 0 Å². The molecule has 21 heavy (non-hydrogen) atoms. The summed E-state index contributed by atoms with van der Waals surface area (Å²) < 4.78 is 0. The van der Waals surface area contributed by atoms with Gasteiger partial charge in [-0.1, -0.05) is 31.2 Å². The Labute approximate surface area is 125 Å². The third-order valence-electron chi connectivity index (χ3n) is 4.33. The number of nitrogens with zero attached hydrogens (tertiary/aromatic N) is 2. The molecule has 2 atom stereocenters. The van der Waals surface area contributed by atoms with Crippen molar-refractivity contribution < 1.29 is 4.79 Å². The molecule has 1 aliphatic rings. The molecular weight excluding hydrogens is 262 g/mol. The first-order valence-corrected chi connectivity index (χ1v) is 7.43. The van der Waals surface area contributed by atoms with Crippen LogP contribution in [0.3, 0.4) is 0 Å². The normalized spacial score (nSPS) is 20.3. The molecule has 1 fully saturated rings. The molecule has 1 saturated carbocycles. The molecule has 0 saturated heterocycles. The molecule has 3 rings (SSSR count). The van der Waals surface area contributed by atoms with E-state index in [2.05, 4.69) is 17.2 Å². The second kappa shape index (κ2) is 5.35. The Kier molecular flexibility index (Phi) is 3.53. The fourth-order valence-corrected chi connectivity index (χ4v) is 2.78. The van der Waals surface area contributed by atoms with Crippen LogP contribution in [-0.2, 0) is 0 Å². The maximum atomic E-state index is 12.6. The van der Waals surface area contributed by atoms with Gasteiger partial charge in [0.25, 0.3) is 5.91 Å². The van der Waals surface area contributed by atoms with Crippen LogP contribution in [0.2, 0.25) is 0 Å². The molecule has 1 aromatic heterocycles. The van der Waals surface area contributed by atoms with Crippen molar-refractivity contribution in [1.82, 2.24) is 9.88 Å². The third-order valence-corrected chi connectivity index (χ3v) is 4.33. The lowest BCUT2D eigenvalue weighted by Gasteiger charge is -2.17. The highest BCUT2D eigenvalue weighted by Crippen LogP contribution is 2.38. The minimum Gasteiger partial charge on any atom is -0.373 e. The van der Waals surface area contributed by atoms with Gasteiger partial charge < -0.3 is 10.2 Å². The van der Waals surface area contributed by atoms with Gasteiger partial charge >= 0.3 is 0 Å². The van der Waals surface area contributed by atoms with Crippen molar-refractivity contribution in [2.75, 3.05) is 26.0 Å². The highest BCUT2D eigenvalue weighted by atomic mass is 16.2. The molecular formula is C17H21N3O. The first-order chi connectivity index (χ1) is 10.1. The minimum absolute atomic E-state index is 0.00338. The predicted octanol–water partition coefficient (Wildman–Crippen LogP) is 3.00. The van der Waals surface area contributed by atoms with Crippen LogP contribution < -0.4 is 5.32 Å². The molecule has 0 spiro atoms. The molecule has 1 aliphatic carbocycles. The molecule has 110 valence electrons. The van der Waals surface area contributed by atoms with E-state index in [0.717, 1.165) is 29.1 Å². The van der Waals surface area contributed by atoms with Gasteiger partial charge in [-0.3, -0.25) is 4.79 Å². The van der Waals surface area contributed by atoms with Crippen LogP contribution in [0.5, 0.6) is 0 Å². The number of hydrogen-bond acceptors (Lipinski definition) is 3. The molecule has 0 radical (unpaired) electrons. The third kappa shape index (κ3) is 2.71. The summed E-state index contributed by atoms with van der Waals surface area (Å²) in [5.41, 5.74) is 0.508. The topological polar surface area (TPSA) is 45.2 Å². The van der Waals surface area contributed by atoms with Crippen molar-refractivity contribution >= 4 is 22.5 Å². The van der Waals surface area contributed by atoms with E-state index < -0.39 is 0 Å². The molecule has 0 aliphatic heterocycles. The van der Waals surface area contributed by atoms with E-state index >= 15 is 0 Å². The van der Waals surface area contributed by atoms with E-state index in [1.54, 1.807) is 4.90 Å². The van der Waals surface area contributed by atoms with E-state index in [1.807, 2.05) is 44.4 Å². The Morgan fingerprint density at radius 3 is 2.81 bits per heavy atom. The van der Waals surface area contributed by atoms with Crippen molar-refractivity contribution in [1.29, 1.82) is 0 Å². The first-order valence-electron chi connectivity index (χ1n) is 7.43. The second-order valence-electron chi connectivity index (χ2n) is 5.99. The lowest BCUT2D eigenvalue weighted by Crippen LogP contribution is -2.29. The number of nitrogens with one attached hydrogen (secondary N) is 1. The summed E-state index contributed by atoms with van der Waals surface area (Å²) in [4.78, 5) is 18.8. The van der Waals surface area contributed by atoms with Crippen molar-refractivity contribution in [3.63, 3.8) is 0 Å². The quantitative estimate of drug-likeness (QED) is 0.938. The second-order valence-corrected chi connectivity index (χ2v) is 5.99. The SMILES string of the molecule is CNc1nc(C(=O)N(C)CC2CC2C)cc2ccccc12. The molecule has 4 nitrogen and oxygen atoms in total. The number of anilines is 1. The fourth-order valence-electron chi connectivity index (χ4n) is 2.78. The Balaban J connectivity index is 1.90. The van der Waals surface area contributed by atoms with Gasteiger partial charge in [-0.05, 0) is 29.7 Å². The molecule has 1 amide bonds. The molecule has 4 heteroatoms. The maximum absolute atomic E-state index is 12.6. The monoisotopic (exact) mass is 283 g/mol. The number of carbonyl (C=O) groups excluding carboxylic acids is 1. The van der Waals surface area contributed by atoms with Gasteiger partial charge in [-0.2, -0.15) is 0 Å². The summed E-state index contributed by atoms with van der Waals surface area (Å²) >= 11 is 0. The Morgan fingerprint density at radius 1 is 1.43 bits per heavy atom. The molecule has 2 aromatic rings. The number of pyridine rings is 1. The maximum Gasteiger partial charge on any atom is 0.272 e. The van der Waals surface area contributed by atoms with Crippen LogP contribution in [0.15, 0.2) is 30.3 Å². The summed E-state index contributed by atoms with van der Waals surface area (Å²) in [7, 11) is 3.70. The zero-order valence-corrected chi connectivity index (χ0v) is 12.8.